The highest BCUT2D eigenvalue weighted by Crippen LogP contribution is 2.26. The van der Waals surface area contributed by atoms with E-state index in [4.69, 9.17) is 0 Å². The Balaban J connectivity index is 1.87. The number of benzene rings is 3. The quantitative estimate of drug-likeness (QED) is 0.658. The van der Waals surface area contributed by atoms with E-state index >= 15 is 0 Å². The van der Waals surface area contributed by atoms with Gasteiger partial charge in [0.25, 0.3) is 0 Å². The topological polar surface area (TPSA) is 32.3 Å². The second kappa shape index (κ2) is 5.49. The lowest BCUT2D eigenvalue weighted by atomic mass is 10.0. The van der Waals surface area contributed by atoms with E-state index in [2.05, 4.69) is 54.7 Å². The molecule has 0 heterocycles. The van der Waals surface area contributed by atoms with E-state index < -0.39 is 0 Å². The monoisotopic (exact) mass is 277 g/mol. The molecule has 0 saturated carbocycles. The van der Waals surface area contributed by atoms with Crippen molar-refractivity contribution in [3.05, 3.63) is 71.8 Å². The first-order valence-corrected chi connectivity index (χ1v) is 7.18. The largest absolute Gasteiger partial charge is 0.508 e. The number of phenols is 1. The average molecular weight is 277 g/mol. The van der Waals surface area contributed by atoms with Crippen LogP contribution in [0.2, 0.25) is 0 Å². The molecule has 2 N–H and O–H groups in total. The Bertz CT molecular complexity index is 779. The maximum Gasteiger partial charge on any atom is 0.115 e. The molecule has 1 atom stereocenters. The predicted molar refractivity (Wildman–Crippen MR) is 88.8 cm³/mol. The molecule has 0 aliphatic rings. The molecule has 2 nitrogen and oxygen atoms in total. The molecule has 21 heavy (non-hydrogen) atoms. The van der Waals surface area contributed by atoms with Gasteiger partial charge in [-0.2, -0.15) is 0 Å². The van der Waals surface area contributed by atoms with Crippen molar-refractivity contribution in [3.8, 4) is 5.75 Å². The van der Waals surface area contributed by atoms with Crippen LogP contribution in [0.4, 0.5) is 5.69 Å². The van der Waals surface area contributed by atoms with Crippen LogP contribution in [0, 0.1) is 6.92 Å². The Labute approximate surface area is 125 Å². The van der Waals surface area contributed by atoms with Crippen molar-refractivity contribution in [2.24, 2.45) is 0 Å². The molecule has 0 aliphatic heterocycles. The second-order valence-electron chi connectivity index (χ2n) is 5.47. The number of aryl methyl sites for hydroxylation is 1. The zero-order valence-electron chi connectivity index (χ0n) is 12.3. The van der Waals surface area contributed by atoms with Gasteiger partial charge in [0.05, 0.1) is 0 Å². The minimum absolute atomic E-state index is 0.206. The van der Waals surface area contributed by atoms with Crippen molar-refractivity contribution in [1.29, 1.82) is 0 Å². The van der Waals surface area contributed by atoms with Crippen molar-refractivity contribution >= 4 is 16.5 Å². The molecule has 0 amide bonds. The smallest absolute Gasteiger partial charge is 0.115 e. The number of hydrogen-bond acceptors (Lipinski definition) is 2. The summed E-state index contributed by atoms with van der Waals surface area (Å²) in [6, 6.07) is 20.5. The van der Waals surface area contributed by atoms with Gasteiger partial charge in [-0.1, -0.05) is 36.4 Å². The number of anilines is 1. The molecule has 0 aromatic heterocycles. The number of phenolic OH excluding ortho intramolecular Hbond substituents is 1. The number of nitrogens with one attached hydrogen (secondary N) is 1. The fourth-order valence-corrected chi connectivity index (χ4v) is 2.60. The Kier molecular flexibility index (Phi) is 3.53. The summed E-state index contributed by atoms with van der Waals surface area (Å²) in [7, 11) is 0. The molecule has 106 valence electrons. The fraction of sp³-hybridized carbons (Fsp3) is 0.158. The molecule has 0 fully saturated rings. The predicted octanol–water partition coefficient (Wildman–Crippen LogP) is 5.03. The summed E-state index contributed by atoms with van der Waals surface area (Å²) in [5.74, 6) is 0.302. The molecular weight excluding hydrogens is 258 g/mol. The first kappa shape index (κ1) is 13.5. The minimum atomic E-state index is 0.206. The van der Waals surface area contributed by atoms with E-state index in [1.807, 2.05) is 13.0 Å². The SMILES string of the molecule is Cc1cc(O)ccc1NC(C)c1ccc2ccccc2c1. The summed E-state index contributed by atoms with van der Waals surface area (Å²) in [4.78, 5) is 0. The lowest BCUT2D eigenvalue weighted by molar-refractivity contribution is 0.475. The van der Waals surface area contributed by atoms with Crippen LogP contribution in [0.3, 0.4) is 0 Å². The Morgan fingerprint density at radius 2 is 1.67 bits per heavy atom. The van der Waals surface area contributed by atoms with E-state index in [1.165, 1.54) is 16.3 Å². The zero-order chi connectivity index (χ0) is 14.8. The van der Waals surface area contributed by atoms with Gasteiger partial charge in [-0.25, -0.2) is 0 Å². The van der Waals surface area contributed by atoms with Crippen LogP contribution >= 0.6 is 0 Å². The van der Waals surface area contributed by atoms with Gasteiger partial charge in [0.1, 0.15) is 5.75 Å². The van der Waals surface area contributed by atoms with Crippen molar-refractivity contribution in [2.45, 2.75) is 19.9 Å². The molecule has 0 saturated heterocycles. The first-order chi connectivity index (χ1) is 10.1. The van der Waals surface area contributed by atoms with Crippen LogP contribution in [-0.4, -0.2) is 5.11 Å². The van der Waals surface area contributed by atoms with Crippen molar-refractivity contribution in [3.63, 3.8) is 0 Å². The molecule has 0 aliphatic carbocycles. The summed E-state index contributed by atoms with van der Waals surface area (Å²) < 4.78 is 0. The second-order valence-corrected chi connectivity index (χ2v) is 5.47. The Morgan fingerprint density at radius 3 is 2.43 bits per heavy atom. The zero-order valence-corrected chi connectivity index (χ0v) is 12.3. The van der Waals surface area contributed by atoms with Crippen LogP contribution < -0.4 is 5.32 Å². The number of aromatic hydroxyl groups is 1. The van der Waals surface area contributed by atoms with Crippen molar-refractivity contribution < 1.29 is 5.11 Å². The number of hydrogen-bond donors (Lipinski definition) is 2. The van der Waals surface area contributed by atoms with Gasteiger partial charge in [0.2, 0.25) is 0 Å². The van der Waals surface area contributed by atoms with Gasteiger partial charge in [-0.15, -0.1) is 0 Å². The average Bonchev–Trinajstić information content (AvgIpc) is 2.49. The summed E-state index contributed by atoms with van der Waals surface area (Å²) >= 11 is 0. The van der Waals surface area contributed by atoms with Gasteiger partial charge < -0.3 is 10.4 Å². The molecule has 3 aromatic rings. The first-order valence-electron chi connectivity index (χ1n) is 7.18. The summed E-state index contributed by atoms with van der Waals surface area (Å²) in [6.45, 7) is 4.14. The van der Waals surface area contributed by atoms with Crippen LogP contribution in [0.1, 0.15) is 24.1 Å². The third-order valence-electron chi connectivity index (χ3n) is 3.86. The van der Waals surface area contributed by atoms with Crippen molar-refractivity contribution in [2.75, 3.05) is 5.32 Å². The number of fused-ring (bicyclic) bond motifs is 1. The Morgan fingerprint density at radius 1 is 0.905 bits per heavy atom. The van der Waals surface area contributed by atoms with Crippen LogP contribution in [0.15, 0.2) is 60.7 Å². The highest BCUT2D eigenvalue weighted by atomic mass is 16.3. The van der Waals surface area contributed by atoms with E-state index in [0.29, 0.717) is 5.75 Å². The molecule has 0 spiro atoms. The van der Waals surface area contributed by atoms with Gasteiger partial charge >= 0.3 is 0 Å². The van der Waals surface area contributed by atoms with Gasteiger partial charge in [-0.3, -0.25) is 0 Å². The normalized spacial score (nSPS) is 12.3. The molecular formula is C19H19NO. The maximum atomic E-state index is 9.48. The summed E-state index contributed by atoms with van der Waals surface area (Å²) in [6.07, 6.45) is 0. The fourth-order valence-electron chi connectivity index (χ4n) is 2.60. The van der Waals surface area contributed by atoms with E-state index in [9.17, 15) is 5.11 Å². The summed E-state index contributed by atoms with van der Waals surface area (Å²) in [5, 5.41) is 15.5. The molecule has 2 heteroatoms. The molecule has 3 rings (SSSR count). The highest BCUT2D eigenvalue weighted by Gasteiger charge is 2.08. The third-order valence-corrected chi connectivity index (χ3v) is 3.86. The standard InChI is InChI=1S/C19H19NO/c1-13-11-18(21)9-10-19(13)20-14(2)16-8-7-15-5-3-4-6-17(15)12-16/h3-12,14,20-21H,1-2H3. The lowest BCUT2D eigenvalue weighted by Gasteiger charge is -2.18. The number of rotatable bonds is 3. The summed E-state index contributed by atoms with van der Waals surface area (Å²) in [5.41, 5.74) is 3.34. The molecule has 0 radical (unpaired) electrons. The van der Waals surface area contributed by atoms with Gasteiger partial charge in [0, 0.05) is 11.7 Å². The van der Waals surface area contributed by atoms with E-state index in [1.54, 1.807) is 12.1 Å². The highest BCUT2D eigenvalue weighted by molar-refractivity contribution is 5.83. The van der Waals surface area contributed by atoms with E-state index in [0.717, 1.165) is 11.3 Å². The van der Waals surface area contributed by atoms with Gasteiger partial charge in [0.15, 0.2) is 0 Å². The van der Waals surface area contributed by atoms with E-state index in [-0.39, 0.29) is 6.04 Å². The minimum Gasteiger partial charge on any atom is -0.508 e. The van der Waals surface area contributed by atoms with Gasteiger partial charge in [-0.05, 0) is 60.0 Å². The van der Waals surface area contributed by atoms with Crippen LogP contribution in [-0.2, 0) is 0 Å². The molecule has 3 aromatic carbocycles. The van der Waals surface area contributed by atoms with Crippen LogP contribution in [0.25, 0.3) is 10.8 Å². The Hall–Kier alpha value is -2.48. The maximum absolute atomic E-state index is 9.48. The molecule has 0 bridgehead atoms. The van der Waals surface area contributed by atoms with Crippen molar-refractivity contribution in [1.82, 2.24) is 0 Å². The third kappa shape index (κ3) is 2.84. The van der Waals surface area contributed by atoms with Crippen LogP contribution in [0.5, 0.6) is 5.75 Å². The molecule has 1 unspecified atom stereocenters. The lowest BCUT2D eigenvalue weighted by Crippen LogP contribution is -2.07.